The van der Waals surface area contributed by atoms with E-state index in [0.717, 1.165) is 11.1 Å². The maximum Gasteiger partial charge on any atom is 0.220 e. The Morgan fingerprint density at radius 2 is 1.70 bits per heavy atom. The third-order valence-electron chi connectivity index (χ3n) is 3.60. The highest BCUT2D eigenvalue weighted by molar-refractivity contribution is 5.98. The third-order valence-corrected chi connectivity index (χ3v) is 3.60. The van der Waals surface area contributed by atoms with E-state index in [1.165, 1.54) is 5.56 Å². The summed E-state index contributed by atoms with van der Waals surface area (Å²) in [6.45, 7) is 14.1. The number of nitrogens with zero attached hydrogens (tertiary/aromatic N) is 1. The van der Waals surface area contributed by atoms with Crippen LogP contribution in [0.4, 0.5) is 0 Å². The molecule has 2 rings (SSSR count). The number of hydrogen-bond acceptors (Lipinski definition) is 3. The van der Waals surface area contributed by atoms with E-state index < -0.39 is 0 Å². The SMILES string of the molecule is CC(C)(C)c1cc(C2=NCCO2)c(O)c(C(C)(C)C)c1. The molecule has 0 unspecified atom stereocenters. The van der Waals surface area contributed by atoms with Crippen LogP contribution >= 0.6 is 0 Å². The van der Waals surface area contributed by atoms with Crippen LogP contribution in [0.2, 0.25) is 0 Å². The molecule has 0 spiro atoms. The van der Waals surface area contributed by atoms with E-state index in [1.54, 1.807) is 0 Å². The van der Waals surface area contributed by atoms with Gasteiger partial charge in [0.1, 0.15) is 12.4 Å². The smallest absolute Gasteiger partial charge is 0.220 e. The van der Waals surface area contributed by atoms with Crippen LogP contribution < -0.4 is 0 Å². The quantitative estimate of drug-likeness (QED) is 0.847. The lowest BCUT2D eigenvalue weighted by molar-refractivity contribution is 0.345. The van der Waals surface area contributed by atoms with Crippen LogP contribution in [-0.4, -0.2) is 24.2 Å². The molecule has 0 saturated heterocycles. The van der Waals surface area contributed by atoms with E-state index in [2.05, 4.69) is 52.6 Å². The molecule has 0 fully saturated rings. The fourth-order valence-electron chi connectivity index (χ4n) is 2.30. The van der Waals surface area contributed by atoms with Gasteiger partial charge < -0.3 is 9.84 Å². The van der Waals surface area contributed by atoms with Crippen molar-refractivity contribution in [2.45, 2.75) is 52.4 Å². The molecule has 0 saturated carbocycles. The fourth-order valence-corrected chi connectivity index (χ4v) is 2.30. The molecule has 1 heterocycles. The summed E-state index contributed by atoms with van der Waals surface area (Å²) in [6.07, 6.45) is 0. The van der Waals surface area contributed by atoms with Crippen molar-refractivity contribution in [1.82, 2.24) is 0 Å². The normalized spacial score (nSPS) is 16.0. The van der Waals surface area contributed by atoms with Gasteiger partial charge in [0, 0.05) is 5.56 Å². The number of hydrogen-bond donors (Lipinski definition) is 1. The van der Waals surface area contributed by atoms with Gasteiger partial charge in [-0.05, 0) is 22.5 Å². The van der Waals surface area contributed by atoms with E-state index in [0.29, 0.717) is 24.8 Å². The van der Waals surface area contributed by atoms with Crippen LogP contribution in [-0.2, 0) is 15.6 Å². The maximum absolute atomic E-state index is 10.6. The molecule has 0 aliphatic carbocycles. The van der Waals surface area contributed by atoms with Gasteiger partial charge in [0.2, 0.25) is 5.90 Å². The van der Waals surface area contributed by atoms with Crippen molar-refractivity contribution >= 4 is 5.90 Å². The van der Waals surface area contributed by atoms with Crippen molar-refractivity contribution < 1.29 is 9.84 Å². The summed E-state index contributed by atoms with van der Waals surface area (Å²) in [5.74, 6) is 0.866. The molecule has 1 aromatic rings. The highest BCUT2D eigenvalue weighted by atomic mass is 16.5. The van der Waals surface area contributed by atoms with Gasteiger partial charge in [0.25, 0.3) is 0 Å². The van der Waals surface area contributed by atoms with Crippen LogP contribution in [0.5, 0.6) is 5.75 Å². The van der Waals surface area contributed by atoms with Gasteiger partial charge in [-0.15, -0.1) is 0 Å². The minimum atomic E-state index is -0.126. The summed E-state index contributed by atoms with van der Waals surface area (Å²) >= 11 is 0. The second-order valence-electron chi connectivity index (χ2n) is 7.46. The first-order chi connectivity index (χ1) is 9.10. The zero-order valence-corrected chi connectivity index (χ0v) is 13.4. The molecular formula is C17H25NO2. The molecule has 0 radical (unpaired) electrons. The minimum absolute atomic E-state index is 0.0155. The summed E-state index contributed by atoms with van der Waals surface area (Å²) in [5.41, 5.74) is 2.74. The fraction of sp³-hybridized carbons (Fsp3) is 0.588. The average Bonchev–Trinajstić information content (AvgIpc) is 2.79. The Bertz CT molecular complexity index is 545. The zero-order chi connectivity index (χ0) is 15.1. The Morgan fingerprint density at radius 1 is 1.05 bits per heavy atom. The summed E-state index contributed by atoms with van der Waals surface area (Å²) in [7, 11) is 0. The monoisotopic (exact) mass is 275 g/mol. The van der Waals surface area contributed by atoms with Gasteiger partial charge in [-0.3, -0.25) is 0 Å². The van der Waals surface area contributed by atoms with E-state index in [-0.39, 0.29) is 10.8 Å². The van der Waals surface area contributed by atoms with Gasteiger partial charge in [-0.2, -0.15) is 0 Å². The second-order valence-corrected chi connectivity index (χ2v) is 7.46. The highest BCUT2D eigenvalue weighted by Gasteiger charge is 2.27. The van der Waals surface area contributed by atoms with Crippen molar-refractivity contribution in [1.29, 1.82) is 0 Å². The van der Waals surface area contributed by atoms with Crippen molar-refractivity contribution in [2.75, 3.05) is 13.2 Å². The standard InChI is InChI=1S/C17H25NO2/c1-16(2,3)11-9-12(15-18-7-8-20-15)14(19)13(10-11)17(4,5)6/h9-10,19H,7-8H2,1-6H3. The van der Waals surface area contributed by atoms with Crippen molar-refractivity contribution in [3.8, 4) is 5.75 Å². The van der Waals surface area contributed by atoms with E-state index in [1.807, 2.05) is 6.07 Å². The Hall–Kier alpha value is -1.51. The first-order valence-electron chi connectivity index (χ1n) is 7.16. The molecule has 0 atom stereocenters. The zero-order valence-electron chi connectivity index (χ0n) is 13.4. The van der Waals surface area contributed by atoms with E-state index in [4.69, 9.17) is 4.74 Å². The maximum atomic E-state index is 10.6. The Balaban J connectivity index is 2.67. The summed E-state index contributed by atoms with van der Waals surface area (Å²) in [6, 6.07) is 4.11. The molecule has 0 aromatic heterocycles. The first kappa shape index (κ1) is 14.9. The molecule has 1 N–H and O–H groups in total. The van der Waals surface area contributed by atoms with Crippen LogP contribution in [0, 0.1) is 0 Å². The van der Waals surface area contributed by atoms with Gasteiger partial charge in [0.05, 0.1) is 12.1 Å². The Labute approximate surface area is 121 Å². The summed E-state index contributed by atoms with van der Waals surface area (Å²) in [4.78, 5) is 4.35. The molecule has 0 amide bonds. The predicted octanol–water partition coefficient (Wildman–Crippen LogP) is 3.76. The molecule has 110 valence electrons. The molecule has 20 heavy (non-hydrogen) atoms. The minimum Gasteiger partial charge on any atom is -0.507 e. The largest absolute Gasteiger partial charge is 0.507 e. The van der Waals surface area contributed by atoms with Crippen molar-refractivity contribution in [3.63, 3.8) is 0 Å². The van der Waals surface area contributed by atoms with Crippen LogP contribution in [0.3, 0.4) is 0 Å². The van der Waals surface area contributed by atoms with Crippen molar-refractivity contribution in [2.24, 2.45) is 4.99 Å². The number of benzene rings is 1. The molecule has 3 nitrogen and oxygen atoms in total. The van der Waals surface area contributed by atoms with E-state index in [9.17, 15) is 5.11 Å². The average molecular weight is 275 g/mol. The number of aliphatic imine (C=N–C) groups is 1. The lowest BCUT2D eigenvalue weighted by Gasteiger charge is -2.27. The number of rotatable bonds is 1. The molecular weight excluding hydrogens is 250 g/mol. The second kappa shape index (κ2) is 4.80. The molecule has 3 heteroatoms. The number of ether oxygens (including phenoxy) is 1. The Morgan fingerprint density at radius 3 is 2.15 bits per heavy atom. The number of phenolic OH excluding ortho intramolecular Hbond substituents is 1. The predicted molar refractivity (Wildman–Crippen MR) is 82.9 cm³/mol. The highest BCUT2D eigenvalue weighted by Crippen LogP contribution is 2.38. The van der Waals surface area contributed by atoms with Crippen LogP contribution in [0.25, 0.3) is 0 Å². The van der Waals surface area contributed by atoms with Crippen LogP contribution in [0.1, 0.15) is 58.2 Å². The van der Waals surface area contributed by atoms with Gasteiger partial charge in [-0.1, -0.05) is 47.6 Å². The Kier molecular flexibility index (Phi) is 3.57. The first-order valence-corrected chi connectivity index (χ1v) is 7.16. The number of aromatic hydroxyl groups is 1. The van der Waals surface area contributed by atoms with E-state index >= 15 is 0 Å². The molecule has 0 bridgehead atoms. The molecule has 1 aliphatic heterocycles. The topological polar surface area (TPSA) is 41.8 Å². The van der Waals surface area contributed by atoms with Gasteiger partial charge >= 0.3 is 0 Å². The van der Waals surface area contributed by atoms with Crippen LogP contribution in [0.15, 0.2) is 17.1 Å². The van der Waals surface area contributed by atoms with Gasteiger partial charge in [0.15, 0.2) is 0 Å². The summed E-state index contributed by atoms with van der Waals surface area (Å²) < 4.78 is 5.55. The molecule has 1 aromatic carbocycles. The van der Waals surface area contributed by atoms with Gasteiger partial charge in [-0.25, -0.2) is 4.99 Å². The lowest BCUT2D eigenvalue weighted by atomic mass is 9.79. The lowest BCUT2D eigenvalue weighted by Crippen LogP contribution is -2.18. The molecule has 1 aliphatic rings. The van der Waals surface area contributed by atoms with Crippen molar-refractivity contribution in [3.05, 3.63) is 28.8 Å². The number of phenols is 1. The summed E-state index contributed by atoms with van der Waals surface area (Å²) in [5, 5.41) is 10.6. The third kappa shape index (κ3) is 2.82.